The number of carbonyl (C=O) groups is 1. The predicted molar refractivity (Wildman–Crippen MR) is 134 cm³/mol. The predicted octanol–water partition coefficient (Wildman–Crippen LogP) is 5.57. The van der Waals surface area contributed by atoms with Gasteiger partial charge in [0, 0.05) is 23.1 Å². The number of likely N-dealkylation sites (tertiary alicyclic amines) is 1. The van der Waals surface area contributed by atoms with Crippen molar-refractivity contribution in [2.24, 2.45) is 0 Å². The van der Waals surface area contributed by atoms with Gasteiger partial charge in [-0.05, 0) is 55.3 Å². The fourth-order valence-corrected chi connectivity index (χ4v) is 5.01. The first kappa shape index (κ1) is 28.5. The zero-order chi connectivity index (χ0) is 25.0. The van der Waals surface area contributed by atoms with Gasteiger partial charge in [-0.15, -0.1) is 25.7 Å². The average Bonchev–Trinajstić information content (AvgIpc) is 3.36. The van der Waals surface area contributed by atoms with Crippen molar-refractivity contribution in [2.75, 3.05) is 30.5 Å². The second-order valence-corrected chi connectivity index (χ2v) is 9.58. The van der Waals surface area contributed by atoms with Crippen LogP contribution in [-0.4, -0.2) is 45.7 Å². The molecule has 0 aromatic heterocycles. The molecule has 1 amide bonds. The third-order valence-corrected chi connectivity index (χ3v) is 7.10. The van der Waals surface area contributed by atoms with E-state index in [0.29, 0.717) is 23.1 Å². The Labute approximate surface area is 210 Å². The summed E-state index contributed by atoms with van der Waals surface area (Å²) in [6.45, 7) is 1.03. The highest BCUT2D eigenvalue weighted by atomic mass is 35.5. The molecule has 0 aliphatic carbocycles. The van der Waals surface area contributed by atoms with E-state index in [-0.39, 0.29) is 28.8 Å². The van der Waals surface area contributed by atoms with Crippen LogP contribution in [0.4, 0.5) is 10.5 Å². The molecular weight excluding hydrogens is 507 g/mol. The molecule has 3 rings (SSSR count). The fourth-order valence-electron chi connectivity index (χ4n) is 2.99. The highest BCUT2D eigenvalue weighted by Gasteiger charge is 2.28. The summed E-state index contributed by atoms with van der Waals surface area (Å²) in [5.41, 5.74) is 0.200. The fraction of sp³-hybridized carbons (Fsp3) is 0.261. The van der Waals surface area contributed by atoms with Crippen LogP contribution in [0.2, 0.25) is 15.1 Å². The molecule has 6 nitrogen and oxygen atoms in total. The highest BCUT2D eigenvalue weighted by Crippen LogP contribution is 2.33. The van der Waals surface area contributed by atoms with Crippen molar-refractivity contribution in [3.8, 4) is 25.7 Å². The number of sulfonamides is 1. The lowest BCUT2D eigenvalue weighted by molar-refractivity contribution is 0.113. The van der Waals surface area contributed by atoms with Crippen molar-refractivity contribution >= 4 is 56.6 Å². The summed E-state index contributed by atoms with van der Waals surface area (Å²) < 4.78 is 32.9. The minimum absolute atomic E-state index is 0.0313. The maximum absolute atomic E-state index is 13.3. The molecule has 0 N–H and O–H groups in total. The van der Waals surface area contributed by atoms with Crippen LogP contribution in [0, 0.1) is 25.7 Å². The monoisotopic (exact) mass is 528 g/mol. The molecule has 0 atom stereocenters. The van der Waals surface area contributed by atoms with Gasteiger partial charge in [0.1, 0.15) is 6.61 Å². The third kappa shape index (κ3) is 7.77. The second-order valence-electron chi connectivity index (χ2n) is 6.44. The van der Waals surface area contributed by atoms with Crippen LogP contribution >= 0.6 is 34.8 Å². The van der Waals surface area contributed by atoms with E-state index in [9.17, 15) is 13.2 Å². The Morgan fingerprint density at radius 1 is 0.939 bits per heavy atom. The van der Waals surface area contributed by atoms with Crippen molar-refractivity contribution < 1.29 is 17.9 Å². The van der Waals surface area contributed by atoms with Gasteiger partial charge in [-0.3, -0.25) is 4.31 Å². The van der Waals surface area contributed by atoms with E-state index in [1.165, 1.54) is 36.4 Å². The van der Waals surface area contributed by atoms with Crippen molar-refractivity contribution in [3.05, 3.63) is 57.5 Å². The lowest BCUT2D eigenvalue weighted by Gasteiger charge is -2.26. The zero-order valence-corrected chi connectivity index (χ0v) is 20.7. The molecule has 1 heterocycles. The van der Waals surface area contributed by atoms with Gasteiger partial charge < -0.3 is 9.64 Å². The number of ether oxygens (including phenoxy) is 1. The first-order chi connectivity index (χ1) is 15.8. The van der Waals surface area contributed by atoms with E-state index in [2.05, 4.69) is 25.7 Å². The van der Waals surface area contributed by atoms with Gasteiger partial charge in [-0.2, -0.15) is 0 Å². The van der Waals surface area contributed by atoms with Crippen molar-refractivity contribution in [3.63, 3.8) is 0 Å². The molecule has 1 aliphatic heterocycles. The van der Waals surface area contributed by atoms with E-state index in [4.69, 9.17) is 39.5 Å². The Morgan fingerprint density at radius 2 is 1.48 bits per heavy atom. The summed E-state index contributed by atoms with van der Waals surface area (Å²) >= 11 is 18.2. The Balaban J connectivity index is 0.00000129. The van der Waals surface area contributed by atoms with Crippen molar-refractivity contribution in [1.29, 1.82) is 0 Å². The third-order valence-electron chi connectivity index (χ3n) is 4.46. The van der Waals surface area contributed by atoms with Crippen LogP contribution < -0.4 is 4.31 Å². The maximum Gasteiger partial charge on any atom is 0.409 e. The number of anilines is 1. The largest absolute Gasteiger partial charge is 0.447 e. The maximum atomic E-state index is 13.3. The first-order valence-electron chi connectivity index (χ1n) is 9.61. The van der Waals surface area contributed by atoms with E-state index >= 15 is 0 Å². The molecule has 33 heavy (non-hydrogen) atoms. The lowest BCUT2D eigenvalue weighted by atomic mass is 10.3. The summed E-state index contributed by atoms with van der Waals surface area (Å²) in [5.74, 6) is 0. The van der Waals surface area contributed by atoms with Crippen LogP contribution in [0.25, 0.3) is 0 Å². The van der Waals surface area contributed by atoms with E-state index in [1.807, 2.05) is 0 Å². The Kier molecular flexibility index (Phi) is 12.0. The van der Waals surface area contributed by atoms with Gasteiger partial charge in [0.05, 0.1) is 22.2 Å². The number of benzene rings is 2. The number of halogens is 3. The summed E-state index contributed by atoms with van der Waals surface area (Å²) in [5, 5.41) is 0.948. The standard InChI is InChI=1S/C19H19Cl3N2O4S.2C2H2/c20-14-3-6-16(7-4-14)29(26,27)24(18-13-15(21)5-8-17(18)22)11-12-28-19(25)23-9-1-2-10-23;2*1-2/h3-8,13H,1-2,9-12H2;2*1-2H. The van der Waals surface area contributed by atoms with E-state index in [0.717, 1.165) is 17.1 Å². The molecule has 0 radical (unpaired) electrons. The van der Waals surface area contributed by atoms with Crippen LogP contribution in [0.5, 0.6) is 0 Å². The summed E-state index contributed by atoms with van der Waals surface area (Å²) in [7, 11) is -4.00. The molecule has 2 aromatic carbocycles. The quantitative estimate of drug-likeness (QED) is 0.459. The molecule has 2 aromatic rings. The molecule has 0 spiro atoms. The topological polar surface area (TPSA) is 66.9 Å². The summed E-state index contributed by atoms with van der Waals surface area (Å²) in [4.78, 5) is 13.7. The Morgan fingerprint density at radius 3 is 2.06 bits per heavy atom. The molecule has 0 saturated carbocycles. The minimum Gasteiger partial charge on any atom is -0.447 e. The molecule has 176 valence electrons. The van der Waals surface area contributed by atoms with Crippen LogP contribution in [-0.2, 0) is 14.8 Å². The van der Waals surface area contributed by atoms with Crippen LogP contribution in [0.3, 0.4) is 0 Å². The highest BCUT2D eigenvalue weighted by molar-refractivity contribution is 7.92. The van der Waals surface area contributed by atoms with E-state index < -0.39 is 16.1 Å². The normalized spacial score (nSPS) is 12.5. The number of terminal acetylenes is 2. The molecule has 0 unspecified atom stereocenters. The lowest BCUT2D eigenvalue weighted by Crippen LogP contribution is -2.36. The minimum atomic E-state index is -4.00. The van der Waals surface area contributed by atoms with E-state index in [1.54, 1.807) is 11.0 Å². The number of hydrogen-bond donors (Lipinski definition) is 0. The van der Waals surface area contributed by atoms with Gasteiger partial charge in [0.25, 0.3) is 10.0 Å². The molecular formula is C23H23Cl3N2O4S. The van der Waals surface area contributed by atoms with Crippen LogP contribution in [0.1, 0.15) is 12.8 Å². The van der Waals surface area contributed by atoms with Crippen LogP contribution in [0.15, 0.2) is 47.4 Å². The molecule has 10 heteroatoms. The van der Waals surface area contributed by atoms with Gasteiger partial charge in [0.15, 0.2) is 0 Å². The number of amides is 1. The van der Waals surface area contributed by atoms with Gasteiger partial charge in [0.2, 0.25) is 0 Å². The van der Waals surface area contributed by atoms with Crippen molar-refractivity contribution in [1.82, 2.24) is 4.90 Å². The number of carbonyl (C=O) groups excluding carboxylic acids is 1. The number of hydrogen-bond acceptors (Lipinski definition) is 4. The van der Waals surface area contributed by atoms with Crippen molar-refractivity contribution in [2.45, 2.75) is 17.7 Å². The molecule has 0 bridgehead atoms. The first-order valence-corrected chi connectivity index (χ1v) is 12.2. The average molecular weight is 530 g/mol. The molecule has 1 fully saturated rings. The number of nitrogens with zero attached hydrogens (tertiary/aromatic N) is 2. The Hall–Kier alpha value is -2.55. The van der Waals surface area contributed by atoms with Gasteiger partial charge >= 0.3 is 6.09 Å². The van der Waals surface area contributed by atoms with Gasteiger partial charge in [-0.25, -0.2) is 13.2 Å². The Bertz CT molecular complexity index is 1060. The summed E-state index contributed by atoms with van der Waals surface area (Å²) in [6.07, 6.45) is 17.4. The number of rotatable bonds is 6. The smallest absolute Gasteiger partial charge is 0.409 e. The van der Waals surface area contributed by atoms with Gasteiger partial charge in [-0.1, -0.05) is 34.8 Å². The SMILES string of the molecule is C#C.C#C.O=C(OCCN(c1cc(Cl)ccc1Cl)S(=O)(=O)c1ccc(Cl)cc1)N1CCCC1. The second kappa shape index (κ2) is 13.9. The molecule has 1 saturated heterocycles. The molecule has 1 aliphatic rings. The zero-order valence-electron chi connectivity index (χ0n) is 17.7. The summed E-state index contributed by atoms with van der Waals surface area (Å²) in [6, 6.07) is 10.3.